The van der Waals surface area contributed by atoms with Crippen molar-refractivity contribution < 1.29 is 9.90 Å². The van der Waals surface area contributed by atoms with Gasteiger partial charge in [-0.25, -0.2) is 0 Å². The van der Waals surface area contributed by atoms with Crippen molar-refractivity contribution in [3.8, 4) is 5.75 Å². The van der Waals surface area contributed by atoms with Crippen molar-refractivity contribution in [2.75, 3.05) is 14.1 Å². The first-order valence-electron chi connectivity index (χ1n) is 4.62. The van der Waals surface area contributed by atoms with E-state index in [1.807, 2.05) is 6.07 Å². The first-order valence-corrected chi connectivity index (χ1v) is 4.62. The molecule has 4 heteroatoms. The van der Waals surface area contributed by atoms with Gasteiger partial charge >= 0.3 is 0 Å². The maximum absolute atomic E-state index is 11.6. The Labute approximate surface area is 87.1 Å². The molecule has 4 nitrogen and oxygen atoms in total. The number of hydrogen-bond acceptors (Lipinski definition) is 2. The van der Waals surface area contributed by atoms with E-state index in [1.54, 1.807) is 32.3 Å². The van der Waals surface area contributed by atoms with Crippen molar-refractivity contribution in [2.24, 2.45) is 0 Å². The molecule has 0 unspecified atom stereocenters. The van der Waals surface area contributed by atoms with Crippen LogP contribution in [0.3, 0.4) is 0 Å². The van der Waals surface area contributed by atoms with Crippen LogP contribution in [0.25, 0.3) is 10.9 Å². The third kappa shape index (κ3) is 1.54. The number of amides is 1. The van der Waals surface area contributed by atoms with Gasteiger partial charge in [0, 0.05) is 25.0 Å². The van der Waals surface area contributed by atoms with Gasteiger partial charge in [-0.15, -0.1) is 0 Å². The number of carbonyl (C=O) groups excluding carboxylic acids is 1. The molecule has 78 valence electrons. The second kappa shape index (κ2) is 3.31. The highest BCUT2D eigenvalue weighted by Crippen LogP contribution is 2.25. The lowest BCUT2D eigenvalue weighted by Gasteiger charge is -2.07. The minimum Gasteiger partial charge on any atom is -0.507 e. The molecule has 0 bridgehead atoms. The number of carbonyl (C=O) groups is 1. The summed E-state index contributed by atoms with van der Waals surface area (Å²) in [5.41, 5.74) is 1.25. The third-order valence-electron chi connectivity index (χ3n) is 2.28. The molecule has 0 aliphatic carbocycles. The second-order valence-electron chi connectivity index (χ2n) is 3.62. The Morgan fingerprint density at radius 1 is 1.40 bits per heavy atom. The number of rotatable bonds is 1. The normalized spacial score (nSPS) is 10.5. The Balaban J connectivity index is 2.57. The SMILES string of the molecule is CN(C)C(=O)c1cc2c(O)cccc2[nH]1. The number of aromatic hydroxyl groups is 1. The van der Waals surface area contributed by atoms with E-state index in [4.69, 9.17) is 0 Å². The van der Waals surface area contributed by atoms with Crippen molar-refractivity contribution in [1.29, 1.82) is 0 Å². The molecular formula is C11H12N2O2. The maximum Gasteiger partial charge on any atom is 0.269 e. The first-order chi connectivity index (χ1) is 7.09. The van der Waals surface area contributed by atoms with Gasteiger partial charge in [0.05, 0.1) is 0 Å². The lowest BCUT2D eigenvalue weighted by Crippen LogP contribution is -2.21. The fraction of sp³-hybridized carbons (Fsp3) is 0.182. The molecule has 0 saturated carbocycles. The number of nitrogens with one attached hydrogen (secondary N) is 1. The van der Waals surface area contributed by atoms with E-state index in [-0.39, 0.29) is 11.7 Å². The zero-order chi connectivity index (χ0) is 11.0. The average molecular weight is 204 g/mol. The molecule has 0 aliphatic heterocycles. The van der Waals surface area contributed by atoms with Gasteiger partial charge in [-0.3, -0.25) is 4.79 Å². The summed E-state index contributed by atoms with van der Waals surface area (Å²) in [5, 5.41) is 10.2. The molecule has 0 spiro atoms. The zero-order valence-electron chi connectivity index (χ0n) is 8.61. The van der Waals surface area contributed by atoms with Gasteiger partial charge in [0.1, 0.15) is 11.4 Å². The van der Waals surface area contributed by atoms with Gasteiger partial charge in [-0.1, -0.05) is 6.07 Å². The van der Waals surface area contributed by atoms with Crippen LogP contribution in [-0.4, -0.2) is 35.0 Å². The molecule has 2 aromatic rings. The number of aromatic amines is 1. The molecule has 0 aliphatic rings. The van der Waals surface area contributed by atoms with Crippen molar-refractivity contribution in [3.05, 3.63) is 30.0 Å². The van der Waals surface area contributed by atoms with Crippen molar-refractivity contribution >= 4 is 16.8 Å². The quantitative estimate of drug-likeness (QED) is 0.740. The molecule has 1 aromatic carbocycles. The Morgan fingerprint density at radius 2 is 2.13 bits per heavy atom. The van der Waals surface area contributed by atoms with Crippen LogP contribution >= 0.6 is 0 Å². The number of H-pyrrole nitrogens is 1. The lowest BCUT2D eigenvalue weighted by molar-refractivity contribution is 0.0823. The smallest absolute Gasteiger partial charge is 0.269 e. The standard InChI is InChI=1S/C11H12N2O2/c1-13(2)11(15)9-6-7-8(12-9)4-3-5-10(7)14/h3-6,12,14H,1-2H3. The minimum absolute atomic E-state index is 0.106. The molecule has 1 heterocycles. The summed E-state index contributed by atoms with van der Waals surface area (Å²) in [6, 6.07) is 6.81. The van der Waals surface area contributed by atoms with Gasteiger partial charge in [0.15, 0.2) is 0 Å². The second-order valence-corrected chi connectivity index (χ2v) is 3.62. The predicted molar refractivity (Wildman–Crippen MR) is 58.0 cm³/mol. The molecule has 1 amide bonds. The van der Waals surface area contributed by atoms with Gasteiger partial charge in [0.25, 0.3) is 5.91 Å². The average Bonchev–Trinajstić information content (AvgIpc) is 2.61. The number of benzene rings is 1. The summed E-state index contributed by atoms with van der Waals surface area (Å²) < 4.78 is 0. The van der Waals surface area contributed by atoms with Crippen LogP contribution in [-0.2, 0) is 0 Å². The lowest BCUT2D eigenvalue weighted by atomic mass is 10.2. The van der Waals surface area contributed by atoms with Crippen LogP contribution in [0.2, 0.25) is 0 Å². The van der Waals surface area contributed by atoms with Crippen LogP contribution in [0.1, 0.15) is 10.5 Å². The predicted octanol–water partition coefficient (Wildman–Crippen LogP) is 1.58. The number of hydrogen-bond donors (Lipinski definition) is 2. The van der Waals surface area contributed by atoms with Crippen molar-refractivity contribution in [3.63, 3.8) is 0 Å². The van der Waals surface area contributed by atoms with E-state index >= 15 is 0 Å². The van der Waals surface area contributed by atoms with E-state index in [1.165, 1.54) is 4.90 Å². The molecule has 0 saturated heterocycles. The van der Waals surface area contributed by atoms with E-state index in [0.29, 0.717) is 11.1 Å². The highest BCUT2D eigenvalue weighted by Gasteiger charge is 2.12. The first kappa shape index (κ1) is 9.58. The monoisotopic (exact) mass is 204 g/mol. The van der Waals surface area contributed by atoms with Gasteiger partial charge < -0.3 is 15.0 Å². The van der Waals surface area contributed by atoms with Crippen LogP contribution < -0.4 is 0 Å². The summed E-state index contributed by atoms with van der Waals surface area (Å²) in [6.45, 7) is 0. The molecule has 15 heavy (non-hydrogen) atoms. The zero-order valence-corrected chi connectivity index (χ0v) is 8.61. The summed E-state index contributed by atoms with van der Waals surface area (Å²) in [4.78, 5) is 16.1. The van der Waals surface area contributed by atoms with Crippen LogP contribution in [0.5, 0.6) is 5.75 Å². The number of fused-ring (bicyclic) bond motifs is 1. The van der Waals surface area contributed by atoms with Crippen LogP contribution in [0, 0.1) is 0 Å². The van der Waals surface area contributed by atoms with Gasteiger partial charge in [-0.2, -0.15) is 0 Å². The molecule has 2 rings (SSSR count). The largest absolute Gasteiger partial charge is 0.507 e. The molecule has 1 aromatic heterocycles. The minimum atomic E-state index is -0.106. The summed E-state index contributed by atoms with van der Waals surface area (Å²) in [6.07, 6.45) is 0. The Kier molecular flexibility index (Phi) is 2.11. The summed E-state index contributed by atoms with van der Waals surface area (Å²) in [7, 11) is 3.38. The van der Waals surface area contributed by atoms with Gasteiger partial charge in [-0.05, 0) is 18.2 Å². The number of phenolic OH excluding ortho intramolecular Hbond substituents is 1. The third-order valence-corrected chi connectivity index (χ3v) is 2.28. The molecule has 0 radical (unpaired) electrons. The fourth-order valence-corrected chi connectivity index (χ4v) is 1.50. The maximum atomic E-state index is 11.6. The van der Waals surface area contributed by atoms with Crippen LogP contribution in [0.4, 0.5) is 0 Å². The highest BCUT2D eigenvalue weighted by molar-refractivity contribution is 5.99. The van der Waals surface area contributed by atoms with E-state index in [0.717, 1.165) is 5.52 Å². The van der Waals surface area contributed by atoms with Gasteiger partial charge in [0.2, 0.25) is 0 Å². The molecule has 0 fully saturated rings. The molecule has 2 N–H and O–H groups in total. The van der Waals surface area contributed by atoms with E-state index in [2.05, 4.69) is 4.98 Å². The molecule has 0 atom stereocenters. The van der Waals surface area contributed by atoms with E-state index < -0.39 is 0 Å². The molecular weight excluding hydrogens is 192 g/mol. The fourth-order valence-electron chi connectivity index (χ4n) is 1.50. The number of aromatic nitrogens is 1. The Hall–Kier alpha value is -1.97. The van der Waals surface area contributed by atoms with Crippen LogP contribution in [0.15, 0.2) is 24.3 Å². The van der Waals surface area contributed by atoms with Crippen molar-refractivity contribution in [2.45, 2.75) is 0 Å². The Bertz CT molecular complexity index is 514. The number of nitrogens with zero attached hydrogens (tertiary/aromatic N) is 1. The van der Waals surface area contributed by atoms with E-state index in [9.17, 15) is 9.90 Å². The Morgan fingerprint density at radius 3 is 2.73 bits per heavy atom. The topological polar surface area (TPSA) is 56.3 Å². The highest BCUT2D eigenvalue weighted by atomic mass is 16.3. The summed E-state index contributed by atoms with van der Waals surface area (Å²) in [5.74, 6) is 0.0761. The number of phenols is 1. The summed E-state index contributed by atoms with van der Waals surface area (Å²) >= 11 is 0. The van der Waals surface area contributed by atoms with Crippen molar-refractivity contribution in [1.82, 2.24) is 9.88 Å².